The van der Waals surface area contributed by atoms with E-state index in [-0.39, 0.29) is 18.1 Å². The Morgan fingerprint density at radius 2 is 2.36 bits per heavy atom. The molecule has 3 N–H and O–H groups in total. The molecule has 0 spiro atoms. The highest BCUT2D eigenvalue weighted by atomic mass is 19.3. The molecule has 7 heteroatoms. The number of rotatable bonds is 4. The highest BCUT2D eigenvalue weighted by Gasteiger charge is 2.12. The molecule has 0 saturated heterocycles. The van der Waals surface area contributed by atoms with E-state index in [2.05, 4.69) is 5.10 Å². The number of aryl methyl sites for hydroxylation is 1. The van der Waals surface area contributed by atoms with Gasteiger partial charge in [-0.3, -0.25) is 0 Å². The lowest BCUT2D eigenvalue weighted by molar-refractivity contribution is 0.0689. The van der Waals surface area contributed by atoms with Gasteiger partial charge in [0.1, 0.15) is 5.82 Å². The number of carboxylic acids is 1. The maximum Gasteiger partial charge on any atom is 0.356 e. The zero-order chi connectivity index (χ0) is 10.7. The minimum atomic E-state index is -2.45. The summed E-state index contributed by atoms with van der Waals surface area (Å²) in [7, 11) is 0. The number of nitrogen functional groups attached to an aromatic ring is 1. The van der Waals surface area contributed by atoms with Crippen LogP contribution in [0.3, 0.4) is 0 Å². The van der Waals surface area contributed by atoms with Gasteiger partial charge in [0, 0.05) is 19.0 Å². The van der Waals surface area contributed by atoms with E-state index in [1.54, 1.807) is 0 Å². The average Bonchev–Trinajstić information content (AvgIpc) is 2.43. The third-order valence-corrected chi connectivity index (χ3v) is 1.59. The third kappa shape index (κ3) is 2.41. The van der Waals surface area contributed by atoms with Crippen molar-refractivity contribution < 1.29 is 18.7 Å². The van der Waals surface area contributed by atoms with Crippen molar-refractivity contribution in [3.63, 3.8) is 0 Å². The van der Waals surface area contributed by atoms with Crippen LogP contribution in [0, 0.1) is 0 Å². The third-order valence-electron chi connectivity index (χ3n) is 1.59. The number of carboxylic acid groups (broad SMARTS) is 1. The van der Waals surface area contributed by atoms with Crippen molar-refractivity contribution >= 4 is 11.8 Å². The van der Waals surface area contributed by atoms with Gasteiger partial charge in [-0.05, 0) is 0 Å². The summed E-state index contributed by atoms with van der Waals surface area (Å²) < 4.78 is 24.7. The second-order valence-corrected chi connectivity index (χ2v) is 2.66. The van der Waals surface area contributed by atoms with Gasteiger partial charge in [0.15, 0.2) is 5.69 Å². The van der Waals surface area contributed by atoms with Crippen LogP contribution in [0.25, 0.3) is 0 Å². The molecule has 0 aliphatic carbocycles. The van der Waals surface area contributed by atoms with Gasteiger partial charge in [-0.15, -0.1) is 0 Å². The number of hydrogen-bond acceptors (Lipinski definition) is 3. The number of nitrogens with zero attached hydrogens (tertiary/aromatic N) is 2. The lowest BCUT2D eigenvalue weighted by atomic mass is 10.4. The van der Waals surface area contributed by atoms with Crippen LogP contribution in [0.4, 0.5) is 14.6 Å². The van der Waals surface area contributed by atoms with Gasteiger partial charge in [0.05, 0.1) is 0 Å². The van der Waals surface area contributed by atoms with E-state index in [0.29, 0.717) is 0 Å². The molecule has 0 radical (unpaired) electrons. The molecule has 0 aliphatic rings. The van der Waals surface area contributed by atoms with Crippen molar-refractivity contribution in [2.45, 2.75) is 19.4 Å². The summed E-state index contributed by atoms with van der Waals surface area (Å²) in [5, 5.41) is 12.1. The SMILES string of the molecule is Nc1cc(C(=O)O)nn1CCC(F)F. The highest BCUT2D eigenvalue weighted by Crippen LogP contribution is 2.09. The summed E-state index contributed by atoms with van der Waals surface area (Å²) in [4.78, 5) is 10.4. The van der Waals surface area contributed by atoms with E-state index in [1.807, 2.05) is 0 Å². The molecule has 0 bridgehead atoms. The lowest BCUT2D eigenvalue weighted by Gasteiger charge is -2.02. The normalized spacial score (nSPS) is 10.8. The first-order chi connectivity index (χ1) is 6.50. The van der Waals surface area contributed by atoms with Gasteiger partial charge in [0.2, 0.25) is 6.43 Å². The van der Waals surface area contributed by atoms with Gasteiger partial charge >= 0.3 is 5.97 Å². The van der Waals surface area contributed by atoms with Crippen molar-refractivity contribution in [3.05, 3.63) is 11.8 Å². The molecule has 0 atom stereocenters. The summed E-state index contributed by atoms with van der Waals surface area (Å²) in [6.07, 6.45) is -2.85. The zero-order valence-corrected chi connectivity index (χ0v) is 7.15. The monoisotopic (exact) mass is 205 g/mol. The number of nitrogens with two attached hydrogens (primary N) is 1. The molecule has 0 saturated carbocycles. The fourth-order valence-electron chi connectivity index (χ4n) is 0.935. The summed E-state index contributed by atoms with van der Waals surface area (Å²) in [5.74, 6) is -1.16. The molecular weight excluding hydrogens is 196 g/mol. The predicted molar refractivity (Wildman–Crippen MR) is 44.2 cm³/mol. The summed E-state index contributed by atoms with van der Waals surface area (Å²) in [6, 6.07) is 1.13. The van der Waals surface area contributed by atoms with Crippen LogP contribution < -0.4 is 5.73 Å². The number of alkyl halides is 2. The van der Waals surface area contributed by atoms with E-state index in [4.69, 9.17) is 10.8 Å². The Bertz CT molecular complexity index is 338. The summed E-state index contributed by atoms with van der Waals surface area (Å²) in [5.41, 5.74) is 5.12. The molecule has 1 rings (SSSR count). The molecule has 0 aliphatic heterocycles. The van der Waals surface area contributed by atoms with E-state index >= 15 is 0 Å². The first kappa shape index (κ1) is 10.4. The zero-order valence-electron chi connectivity index (χ0n) is 7.15. The molecule has 0 amide bonds. The van der Waals surface area contributed by atoms with Crippen LogP contribution in [-0.4, -0.2) is 27.3 Å². The fraction of sp³-hybridized carbons (Fsp3) is 0.429. The Morgan fingerprint density at radius 1 is 1.71 bits per heavy atom. The molecule has 78 valence electrons. The number of aromatic nitrogens is 2. The predicted octanol–water partition coefficient (Wildman–Crippen LogP) is 0.819. The van der Waals surface area contributed by atoms with Crippen molar-refractivity contribution in [1.82, 2.24) is 9.78 Å². The Labute approximate surface area is 78.1 Å². The van der Waals surface area contributed by atoms with Crippen molar-refractivity contribution in [2.24, 2.45) is 0 Å². The second-order valence-electron chi connectivity index (χ2n) is 2.66. The smallest absolute Gasteiger partial charge is 0.356 e. The highest BCUT2D eigenvalue weighted by molar-refractivity contribution is 5.86. The Balaban J connectivity index is 2.72. The second kappa shape index (κ2) is 4.03. The topological polar surface area (TPSA) is 81.1 Å². The molecule has 5 nitrogen and oxygen atoms in total. The maximum absolute atomic E-state index is 11.8. The molecule has 1 heterocycles. The average molecular weight is 205 g/mol. The number of halogens is 2. The van der Waals surface area contributed by atoms with E-state index in [9.17, 15) is 13.6 Å². The van der Waals surface area contributed by atoms with Crippen LogP contribution in [-0.2, 0) is 6.54 Å². The lowest BCUT2D eigenvalue weighted by Crippen LogP contribution is -2.08. The van der Waals surface area contributed by atoms with Crippen LogP contribution >= 0.6 is 0 Å². The Kier molecular flexibility index (Phi) is 3.00. The minimum Gasteiger partial charge on any atom is -0.476 e. The fourth-order valence-corrected chi connectivity index (χ4v) is 0.935. The number of anilines is 1. The van der Waals surface area contributed by atoms with Crippen molar-refractivity contribution in [1.29, 1.82) is 0 Å². The Hall–Kier alpha value is -1.66. The number of carbonyl (C=O) groups is 1. The number of hydrogen-bond donors (Lipinski definition) is 2. The summed E-state index contributed by atoms with van der Waals surface area (Å²) >= 11 is 0. The molecule has 1 aromatic rings. The van der Waals surface area contributed by atoms with Crippen LogP contribution in [0.1, 0.15) is 16.9 Å². The van der Waals surface area contributed by atoms with Gasteiger partial charge in [-0.25, -0.2) is 18.3 Å². The standard InChI is InChI=1S/C7H9F2N3O2/c8-5(9)1-2-12-6(10)3-4(11-12)7(13)14/h3,5H,1-2,10H2,(H,13,14). The van der Waals surface area contributed by atoms with E-state index in [1.165, 1.54) is 0 Å². The first-order valence-electron chi connectivity index (χ1n) is 3.85. The summed E-state index contributed by atoms with van der Waals surface area (Å²) in [6.45, 7) is -0.0865. The number of aromatic carboxylic acids is 1. The first-order valence-corrected chi connectivity index (χ1v) is 3.85. The van der Waals surface area contributed by atoms with Crippen molar-refractivity contribution in [3.8, 4) is 0 Å². The van der Waals surface area contributed by atoms with Gasteiger partial charge in [0.25, 0.3) is 0 Å². The molecule has 1 aromatic heterocycles. The van der Waals surface area contributed by atoms with Gasteiger partial charge in [-0.2, -0.15) is 5.10 Å². The van der Waals surface area contributed by atoms with Crippen LogP contribution in [0.5, 0.6) is 0 Å². The van der Waals surface area contributed by atoms with E-state index < -0.39 is 18.8 Å². The quantitative estimate of drug-likeness (QED) is 0.762. The van der Waals surface area contributed by atoms with Gasteiger partial charge in [-0.1, -0.05) is 0 Å². The molecule has 14 heavy (non-hydrogen) atoms. The van der Waals surface area contributed by atoms with E-state index in [0.717, 1.165) is 10.7 Å². The minimum absolute atomic E-state index is 0.0723. The molecule has 0 aromatic carbocycles. The molecule has 0 unspecified atom stereocenters. The van der Waals surface area contributed by atoms with Crippen LogP contribution in [0.15, 0.2) is 6.07 Å². The maximum atomic E-state index is 11.8. The Morgan fingerprint density at radius 3 is 2.79 bits per heavy atom. The van der Waals surface area contributed by atoms with Gasteiger partial charge < -0.3 is 10.8 Å². The largest absolute Gasteiger partial charge is 0.476 e. The molecule has 0 fully saturated rings. The molecular formula is C7H9F2N3O2. The van der Waals surface area contributed by atoms with Crippen molar-refractivity contribution in [2.75, 3.05) is 5.73 Å². The van der Waals surface area contributed by atoms with Crippen LogP contribution in [0.2, 0.25) is 0 Å².